The van der Waals surface area contributed by atoms with Gasteiger partial charge in [0.1, 0.15) is 12.2 Å². The Morgan fingerprint density at radius 3 is 2.67 bits per heavy atom. The summed E-state index contributed by atoms with van der Waals surface area (Å²) >= 11 is 0. The van der Waals surface area contributed by atoms with Gasteiger partial charge in [0.2, 0.25) is 0 Å². The molecule has 0 bridgehead atoms. The lowest BCUT2D eigenvalue weighted by atomic mass is 10.1. The SMILES string of the molecule is Cc1ccc(S(=O)(=O)OC2CNC3C(O)CO[C@H]23)cc1.Cl. The van der Waals surface area contributed by atoms with Crippen LogP contribution in [0.2, 0.25) is 0 Å². The van der Waals surface area contributed by atoms with Crippen molar-refractivity contribution in [2.75, 3.05) is 13.2 Å². The van der Waals surface area contributed by atoms with Gasteiger partial charge in [-0.1, -0.05) is 17.7 Å². The third-order valence-corrected chi connectivity index (χ3v) is 5.06. The minimum absolute atomic E-state index is 0. The first-order valence-corrected chi connectivity index (χ1v) is 7.91. The van der Waals surface area contributed by atoms with E-state index >= 15 is 0 Å². The standard InChI is InChI=1S/C13H17NO5S.ClH/c1-8-2-4-9(5-3-8)20(16,17)19-11-6-14-12-10(15)7-18-13(11)12;/h2-5,10-15H,6-7H2,1H3;1H/t10?,11?,12?,13-;/m1./s1. The Morgan fingerprint density at radius 2 is 2.00 bits per heavy atom. The van der Waals surface area contributed by atoms with E-state index < -0.39 is 28.4 Å². The number of aliphatic hydroxyl groups excluding tert-OH is 1. The Morgan fingerprint density at radius 1 is 1.33 bits per heavy atom. The summed E-state index contributed by atoms with van der Waals surface area (Å²) in [6.45, 7) is 2.43. The Hall–Kier alpha value is -0.700. The molecule has 3 unspecified atom stereocenters. The number of aryl methyl sites for hydroxylation is 1. The number of hydrogen-bond acceptors (Lipinski definition) is 6. The number of nitrogens with one attached hydrogen (secondary N) is 1. The van der Waals surface area contributed by atoms with Crippen LogP contribution in [-0.2, 0) is 19.0 Å². The molecule has 2 aliphatic heterocycles. The van der Waals surface area contributed by atoms with Gasteiger partial charge < -0.3 is 15.2 Å². The summed E-state index contributed by atoms with van der Waals surface area (Å²) in [5.74, 6) is 0. The molecule has 0 aliphatic carbocycles. The number of benzene rings is 1. The molecule has 3 rings (SSSR count). The second-order valence-electron chi connectivity index (χ2n) is 5.20. The number of hydrogen-bond donors (Lipinski definition) is 2. The molecule has 0 spiro atoms. The maximum atomic E-state index is 12.2. The third-order valence-electron chi connectivity index (χ3n) is 3.71. The van der Waals surface area contributed by atoms with Gasteiger partial charge >= 0.3 is 0 Å². The molecule has 2 aliphatic rings. The maximum absolute atomic E-state index is 12.2. The summed E-state index contributed by atoms with van der Waals surface area (Å²) in [4.78, 5) is 0.130. The van der Waals surface area contributed by atoms with E-state index in [0.717, 1.165) is 5.56 Å². The molecule has 4 atom stereocenters. The molecule has 2 N–H and O–H groups in total. The normalized spacial score (nSPS) is 31.7. The van der Waals surface area contributed by atoms with Gasteiger partial charge in [0.25, 0.3) is 10.1 Å². The van der Waals surface area contributed by atoms with E-state index in [1.165, 1.54) is 12.1 Å². The predicted molar refractivity (Wildman–Crippen MR) is 78.0 cm³/mol. The minimum atomic E-state index is -3.82. The van der Waals surface area contributed by atoms with Crippen molar-refractivity contribution in [3.8, 4) is 0 Å². The zero-order chi connectivity index (χ0) is 14.3. The van der Waals surface area contributed by atoms with E-state index in [9.17, 15) is 13.5 Å². The van der Waals surface area contributed by atoms with Crippen LogP contribution in [0.4, 0.5) is 0 Å². The Kier molecular flexibility index (Phi) is 4.92. The molecule has 6 nitrogen and oxygen atoms in total. The molecular weight excluding hydrogens is 318 g/mol. The molecule has 21 heavy (non-hydrogen) atoms. The van der Waals surface area contributed by atoms with Crippen LogP contribution < -0.4 is 5.32 Å². The first kappa shape index (κ1) is 16.7. The van der Waals surface area contributed by atoms with Crippen molar-refractivity contribution in [3.63, 3.8) is 0 Å². The topological polar surface area (TPSA) is 84.9 Å². The van der Waals surface area contributed by atoms with Crippen LogP contribution in [0.1, 0.15) is 5.56 Å². The highest BCUT2D eigenvalue weighted by Crippen LogP contribution is 2.27. The highest BCUT2D eigenvalue weighted by Gasteiger charge is 2.47. The van der Waals surface area contributed by atoms with Crippen LogP contribution in [0.5, 0.6) is 0 Å². The second-order valence-corrected chi connectivity index (χ2v) is 6.77. The van der Waals surface area contributed by atoms with Gasteiger partial charge in [-0.3, -0.25) is 4.18 Å². The number of halogens is 1. The van der Waals surface area contributed by atoms with E-state index in [2.05, 4.69) is 5.32 Å². The van der Waals surface area contributed by atoms with Crippen LogP contribution in [-0.4, -0.2) is 51.0 Å². The molecule has 2 saturated heterocycles. The van der Waals surface area contributed by atoms with Gasteiger partial charge in [0, 0.05) is 6.54 Å². The largest absolute Gasteiger partial charge is 0.389 e. The lowest BCUT2D eigenvalue weighted by molar-refractivity contribution is 0.0278. The fourth-order valence-corrected chi connectivity index (χ4v) is 3.69. The molecule has 0 amide bonds. The zero-order valence-electron chi connectivity index (χ0n) is 11.4. The average molecular weight is 336 g/mol. The van der Waals surface area contributed by atoms with Crippen LogP contribution >= 0.6 is 12.4 Å². The predicted octanol–water partition coefficient (Wildman–Crippen LogP) is 0.222. The Balaban J connectivity index is 0.00000161. The summed E-state index contributed by atoms with van der Waals surface area (Å²) in [6.07, 6.45) is -1.65. The minimum Gasteiger partial charge on any atom is -0.389 e. The molecule has 2 fully saturated rings. The molecule has 1 aromatic rings. The molecule has 0 radical (unpaired) electrons. The highest BCUT2D eigenvalue weighted by atomic mass is 35.5. The number of ether oxygens (including phenoxy) is 1. The number of rotatable bonds is 3. The van der Waals surface area contributed by atoms with Crippen molar-refractivity contribution in [2.24, 2.45) is 0 Å². The smallest absolute Gasteiger partial charge is 0.297 e. The van der Waals surface area contributed by atoms with Crippen LogP contribution in [0.25, 0.3) is 0 Å². The van der Waals surface area contributed by atoms with E-state index in [0.29, 0.717) is 6.54 Å². The van der Waals surface area contributed by atoms with E-state index in [1.54, 1.807) is 12.1 Å². The lowest BCUT2D eigenvalue weighted by Gasteiger charge is -2.17. The van der Waals surface area contributed by atoms with Crippen LogP contribution in [0.15, 0.2) is 29.2 Å². The Labute approximate surface area is 130 Å². The van der Waals surface area contributed by atoms with Gasteiger partial charge in [0.05, 0.1) is 23.6 Å². The van der Waals surface area contributed by atoms with Crippen LogP contribution in [0, 0.1) is 6.92 Å². The summed E-state index contributed by atoms with van der Waals surface area (Å²) in [5.41, 5.74) is 0.980. The Bertz CT molecular complexity index is 591. The number of fused-ring (bicyclic) bond motifs is 1. The zero-order valence-corrected chi connectivity index (χ0v) is 13.1. The molecule has 1 aromatic carbocycles. The van der Waals surface area contributed by atoms with Crippen LogP contribution in [0.3, 0.4) is 0 Å². The fourth-order valence-electron chi connectivity index (χ4n) is 2.61. The first-order chi connectivity index (χ1) is 9.47. The van der Waals surface area contributed by atoms with Crippen molar-refractivity contribution >= 4 is 22.5 Å². The third kappa shape index (κ3) is 3.23. The second kappa shape index (κ2) is 6.20. The molecular formula is C13H18ClNO5S. The summed E-state index contributed by atoms with van der Waals surface area (Å²) in [6, 6.07) is 6.24. The summed E-state index contributed by atoms with van der Waals surface area (Å²) in [7, 11) is -3.82. The van der Waals surface area contributed by atoms with Crippen molar-refractivity contribution in [2.45, 2.75) is 36.2 Å². The van der Waals surface area contributed by atoms with Crippen molar-refractivity contribution in [3.05, 3.63) is 29.8 Å². The first-order valence-electron chi connectivity index (χ1n) is 6.50. The van der Waals surface area contributed by atoms with Gasteiger partial charge in [-0.25, -0.2) is 0 Å². The monoisotopic (exact) mass is 335 g/mol. The maximum Gasteiger partial charge on any atom is 0.297 e. The van der Waals surface area contributed by atoms with Gasteiger partial charge in [0.15, 0.2) is 0 Å². The molecule has 0 saturated carbocycles. The van der Waals surface area contributed by atoms with E-state index in [4.69, 9.17) is 8.92 Å². The van der Waals surface area contributed by atoms with Crippen molar-refractivity contribution in [1.82, 2.24) is 5.32 Å². The lowest BCUT2D eigenvalue weighted by Crippen LogP contribution is -2.37. The van der Waals surface area contributed by atoms with Crippen molar-refractivity contribution in [1.29, 1.82) is 0 Å². The van der Waals surface area contributed by atoms with E-state index in [1.807, 2.05) is 6.92 Å². The highest BCUT2D eigenvalue weighted by molar-refractivity contribution is 7.86. The number of aliphatic hydroxyl groups is 1. The van der Waals surface area contributed by atoms with Gasteiger partial charge in [-0.15, -0.1) is 12.4 Å². The van der Waals surface area contributed by atoms with E-state index in [-0.39, 0.29) is 30.0 Å². The fraction of sp³-hybridized carbons (Fsp3) is 0.538. The molecule has 118 valence electrons. The van der Waals surface area contributed by atoms with Gasteiger partial charge in [-0.2, -0.15) is 8.42 Å². The quantitative estimate of drug-likeness (QED) is 0.769. The average Bonchev–Trinajstić information content (AvgIpc) is 2.95. The molecule has 0 aromatic heterocycles. The molecule has 2 heterocycles. The van der Waals surface area contributed by atoms with Crippen molar-refractivity contribution < 1.29 is 22.4 Å². The molecule has 8 heteroatoms. The summed E-state index contributed by atoms with van der Waals surface area (Å²) < 4.78 is 35.1. The van der Waals surface area contributed by atoms with Gasteiger partial charge in [-0.05, 0) is 19.1 Å². The summed E-state index contributed by atoms with van der Waals surface area (Å²) in [5, 5.41) is 12.7.